The Morgan fingerprint density at radius 2 is 1.37 bits per heavy atom. The summed E-state index contributed by atoms with van der Waals surface area (Å²) in [6.07, 6.45) is -0.419. The van der Waals surface area contributed by atoms with Crippen molar-refractivity contribution in [2.45, 2.75) is 122 Å². The number of benzene rings is 4. The van der Waals surface area contributed by atoms with E-state index in [9.17, 15) is 37.2 Å². The molecule has 1 fully saturated rings. The third-order valence-corrected chi connectivity index (χ3v) is 19.3. The summed E-state index contributed by atoms with van der Waals surface area (Å²) in [4.78, 5) is 95.6. The SMILES string of the molecule is Cc1ncsc1-c1ccc(CNC(=O)[C@@H]2C[C@@H](OC(=O)OCc3ccc(NC(=O)[C@H](C)NC(=O)[C@H](C)N)cc3)CN2C(=O)[C@@H](NC(=O)COCCOCCOCCOCCOc2cc3nccc(Nc4ccc5scnc5c4)c3cc2S(=O)(=O)C(C)(C)C)C(C)(C)C)cc1. The Hall–Kier alpha value is -8.22. The fourth-order valence-electron chi connectivity index (χ4n) is 9.75. The number of amides is 5. The largest absolute Gasteiger partial charge is 0.508 e. The van der Waals surface area contributed by atoms with Gasteiger partial charge in [-0.1, -0.05) is 57.2 Å². The van der Waals surface area contributed by atoms with E-state index in [4.69, 9.17) is 38.9 Å². The smallest absolute Gasteiger partial charge is 0.490 e. The van der Waals surface area contributed by atoms with Crippen LogP contribution in [0.5, 0.6) is 5.75 Å². The Kier molecular flexibility index (Phi) is 25.0. The van der Waals surface area contributed by atoms with Crippen molar-refractivity contribution in [2.24, 2.45) is 11.1 Å². The molecule has 1 saturated heterocycles. The third kappa shape index (κ3) is 19.7. The number of anilines is 3. The molecule has 1 aliphatic rings. The van der Waals surface area contributed by atoms with Crippen molar-refractivity contribution in [1.82, 2.24) is 35.8 Å². The van der Waals surface area contributed by atoms with Gasteiger partial charge in [0, 0.05) is 47.7 Å². The molecule has 0 bridgehead atoms. The van der Waals surface area contributed by atoms with E-state index in [0.29, 0.717) is 27.8 Å². The molecule has 7 aromatic rings. The number of fused-ring (bicyclic) bond motifs is 2. The number of aryl methyl sites for hydroxylation is 1. The van der Waals surface area contributed by atoms with Crippen molar-refractivity contribution in [3.05, 3.63) is 119 Å². The zero-order valence-electron chi connectivity index (χ0n) is 54.1. The van der Waals surface area contributed by atoms with Crippen LogP contribution >= 0.6 is 22.7 Å². The van der Waals surface area contributed by atoms with Gasteiger partial charge in [-0.15, -0.1) is 22.7 Å². The van der Waals surface area contributed by atoms with Crippen molar-refractivity contribution < 1.29 is 70.3 Å². The molecule has 1 aliphatic heterocycles. The third-order valence-electron chi connectivity index (χ3n) is 15.0. The highest BCUT2D eigenvalue weighted by atomic mass is 32.2. The van der Waals surface area contributed by atoms with E-state index in [1.807, 2.05) is 49.4 Å². The number of nitrogens with zero attached hydrogens (tertiary/aromatic N) is 4. The van der Waals surface area contributed by atoms with E-state index < -0.39 is 92.6 Å². The lowest BCUT2D eigenvalue weighted by atomic mass is 9.85. The minimum absolute atomic E-state index is 0.0421. The van der Waals surface area contributed by atoms with Gasteiger partial charge >= 0.3 is 6.16 Å². The number of pyridine rings is 1. The lowest BCUT2D eigenvalue weighted by molar-refractivity contribution is -0.144. The molecular formula is C66H82N10O15S3. The summed E-state index contributed by atoms with van der Waals surface area (Å²) in [5.74, 6) is -2.42. The first-order valence-electron chi connectivity index (χ1n) is 30.6. The minimum Gasteiger partial charge on any atom is -0.490 e. The van der Waals surface area contributed by atoms with Crippen LogP contribution in [-0.4, -0.2) is 165 Å². The van der Waals surface area contributed by atoms with Gasteiger partial charge in [-0.3, -0.25) is 29.0 Å². The molecule has 3 aromatic heterocycles. The van der Waals surface area contributed by atoms with Crippen LogP contribution in [0.1, 0.15) is 78.6 Å². The number of aromatic nitrogens is 3. The molecule has 8 rings (SSSR count). The highest BCUT2D eigenvalue weighted by Crippen LogP contribution is 2.38. The number of nitrogens with two attached hydrogens (primary N) is 1. The van der Waals surface area contributed by atoms with Gasteiger partial charge in [0.05, 0.1) is 101 Å². The first-order chi connectivity index (χ1) is 44.7. The van der Waals surface area contributed by atoms with Crippen LogP contribution < -0.4 is 37.1 Å². The lowest BCUT2D eigenvalue weighted by Crippen LogP contribution is -2.58. The highest BCUT2D eigenvalue weighted by molar-refractivity contribution is 7.92. The Morgan fingerprint density at radius 3 is 2.02 bits per heavy atom. The molecule has 94 heavy (non-hydrogen) atoms. The van der Waals surface area contributed by atoms with Gasteiger partial charge in [-0.05, 0) is 106 Å². The number of nitrogens with one attached hydrogen (secondary N) is 5. The molecule has 4 aromatic carbocycles. The van der Waals surface area contributed by atoms with Gasteiger partial charge in [0.15, 0.2) is 9.84 Å². The first kappa shape index (κ1) is 71.6. The van der Waals surface area contributed by atoms with E-state index in [0.717, 1.165) is 37.6 Å². The molecule has 0 aliphatic carbocycles. The number of thiazole rings is 2. The maximum absolute atomic E-state index is 14.7. The Morgan fingerprint density at radius 1 is 0.723 bits per heavy atom. The molecule has 5 amide bonds. The number of sulfone groups is 1. The number of rotatable bonds is 31. The van der Waals surface area contributed by atoms with Gasteiger partial charge < -0.3 is 70.4 Å². The average Bonchev–Trinajstić information content (AvgIpc) is 0.942. The molecule has 504 valence electrons. The second-order valence-electron chi connectivity index (χ2n) is 24.5. The van der Waals surface area contributed by atoms with Crippen LogP contribution in [0.3, 0.4) is 0 Å². The summed E-state index contributed by atoms with van der Waals surface area (Å²) in [5.41, 5.74) is 14.9. The van der Waals surface area contributed by atoms with Gasteiger partial charge in [-0.2, -0.15) is 0 Å². The normalized spacial score (nSPS) is 15.2. The number of hydrogen-bond acceptors (Lipinski definition) is 22. The monoisotopic (exact) mass is 1350 g/mol. The predicted octanol–water partition coefficient (Wildman–Crippen LogP) is 8.00. The van der Waals surface area contributed by atoms with Crippen molar-refractivity contribution in [1.29, 1.82) is 0 Å². The van der Waals surface area contributed by atoms with Crippen molar-refractivity contribution >= 4 is 106 Å². The van der Waals surface area contributed by atoms with Crippen LogP contribution in [0.15, 0.2) is 107 Å². The first-order valence-corrected chi connectivity index (χ1v) is 33.9. The Labute approximate surface area is 554 Å². The number of likely N-dealkylation sites (tertiary alicyclic amines) is 1. The molecular weight excluding hydrogens is 1270 g/mol. The van der Waals surface area contributed by atoms with Gasteiger partial charge in [0.1, 0.15) is 54.7 Å². The lowest BCUT2D eigenvalue weighted by Gasteiger charge is -2.35. The molecule has 25 nitrogen and oxygen atoms in total. The summed E-state index contributed by atoms with van der Waals surface area (Å²) in [7, 11) is -3.87. The fraction of sp³-hybridized carbons (Fsp3) is 0.439. The molecule has 4 heterocycles. The molecule has 7 N–H and O–H groups in total. The average molecular weight is 1350 g/mol. The predicted molar refractivity (Wildman–Crippen MR) is 357 cm³/mol. The standard InChI is InChI=1S/C66H82N10O15S3/c1-40(67)60(78)72-42(3)61(79)74-46-16-12-44(13-17-46)36-90-64(82)91-48-31-53(62(80)69-34-43-10-14-45(15-11-43)58-41(2)70-38-93-58)76(35-48)63(81)59(65(4,5)6)75-57(77)37-88-27-26-86-23-22-85-24-25-87-28-29-89-54-33-51-49(32-56(54)94(83,84)66(7,8)9)50(20-21-68-51)73-47-18-19-55-52(30-47)71-39-92-55/h10-21,30,32-33,38-40,42,48,53,59H,22-29,31,34-37,67H2,1-9H3,(H,68,73)(H,69,80)(H,72,78)(H,74,79)(H,75,77)/t40-,42-,48+,53-,59+/m0/s1. The summed E-state index contributed by atoms with van der Waals surface area (Å²) >= 11 is 3.08. The van der Waals surface area contributed by atoms with E-state index in [1.54, 1.807) is 113 Å². The van der Waals surface area contributed by atoms with Crippen LogP contribution in [0.4, 0.5) is 21.9 Å². The van der Waals surface area contributed by atoms with Gasteiger partial charge in [0.2, 0.25) is 29.5 Å². The molecule has 0 spiro atoms. The summed E-state index contributed by atoms with van der Waals surface area (Å²) < 4.78 is 67.6. The van der Waals surface area contributed by atoms with Crippen molar-refractivity contribution in [2.75, 3.05) is 76.6 Å². The Bertz CT molecular complexity index is 3870. The second kappa shape index (κ2) is 32.8. The summed E-state index contributed by atoms with van der Waals surface area (Å²) in [6, 6.07) is 21.2. The van der Waals surface area contributed by atoms with Gasteiger partial charge in [-0.25, -0.2) is 23.2 Å². The number of carbonyl (C=O) groups is 6. The number of ether oxygens (including phenoxy) is 7. The molecule has 28 heteroatoms. The number of hydrogen-bond donors (Lipinski definition) is 6. The minimum atomic E-state index is -3.87. The molecule has 5 atom stereocenters. The van der Waals surface area contributed by atoms with E-state index >= 15 is 0 Å². The zero-order valence-corrected chi connectivity index (χ0v) is 56.6. The van der Waals surface area contributed by atoms with E-state index in [-0.39, 0.29) is 89.6 Å². The van der Waals surface area contributed by atoms with E-state index in [2.05, 4.69) is 41.5 Å². The van der Waals surface area contributed by atoms with E-state index in [1.165, 1.54) is 30.1 Å². The molecule has 0 saturated carbocycles. The summed E-state index contributed by atoms with van der Waals surface area (Å²) in [6.45, 7) is 15.9. The second-order valence-corrected chi connectivity index (χ2v) is 28.9. The van der Waals surface area contributed by atoms with Crippen LogP contribution in [0.2, 0.25) is 0 Å². The van der Waals surface area contributed by atoms with Crippen LogP contribution in [0.25, 0.3) is 31.6 Å². The zero-order chi connectivity index (χ0) is 67.7. The van der Waals surface area contributed by atoms with Crippen LogP contribution in [-0.2, 0) is 75.4 Å². The molecule has 0 radical (unpaired) electrons. The van der Waals surface area contributed by atoms with Crippen LogP contribution in [0, 0.1) is 12.3 Å². The fourth-order valence-corrected chi connectivity index (χ4v) is 12.5. The Balaban J connectivity index is 0.764. The van der Waals surface area contributed by atoms with Crippen molar-refractivity contribution in [3.63, 3.8) is 0 Å². The van der Waals surface area contributed by atoms with Crippen molar-refractivity contribution in [3.8, 4) is 16.2 Å². The quantitative estimate of drug-likeness (QED) is 0.0177. The summed E-state index contributed by atoms with van der Waals surface area (Å²) in [5, 5.41) is 15.0. The van der Waals surface area contributed by atoms with Gasteiger partial charge in [0.25, 0.3) is 0 Å². The highest BCUT2D eigenvalue weighted by Gasteiger charge is 2.46. The molecule has 0 unspecified atom stereocenters. The maximum atomic E-state index is 14.7. The number of carbonyl (C=O) groups excluding carboxylic acids is 6. The maximum Gasteiger partial charge on any atom is 0.508 e. The topological polar surface area (TPSA) is 329 Å².